The molecule has 0 unspecified atom stereocenters. The zero-order valence-corrected chi connectivity index (χ0v) is 17.1. The smallest absolute Gasteiger partial charge is 0.413 e. The van der Waals surface area contributed by atoms with E-state index in [0.29, 0.717) is 7.36 Å². The molecule has 0 N–H and O–H groups in total. The minimum absolute atomic E-state index is 0.131. The van der Waals surface area contributed by atoms with Crippen LogP contribution in [0.2, 0.25) is 0 Å². The van der Waals surface area contributed by atoms with Crippen molar-refractivity contribution in [2.45, 2.75) is 17.5 Å². The minimum atomic E-state index is -0.782. The second-order valence-electron chi connectivity index (χ2n) is 4.48. The molecular formula is C15H20NO4PS3. The highest BCUT2D eigenvalue weighted by Crippen LogP contribution is 2.47. The second kappa shape index (κ2) is 10.9. The first-order chi connectivity index (χ1) is 11.5. The van der Waals surface area contributed by atoms with Crippen LogP contribution in [0, 0.1) is 0 Å². The lowest BCUT2D eigenvalue weighted by molar-refractivity contribution is -0.144. The number of rotatable bonds is 9. The Morgan fingerprint density at radius 1 is 1.21 bits per heavy atom. The van der Waals surface area contributed by atoms with E-state index in [2.05, 4.69) is 0 Å². The lowest BCUT2D eigenvalue weighted by atomic mass is 10.2. The second-order valence-corrected chi connectivity index (χ2v) is 8.72. The SMILES string of the molecule is CCOC(=O)CN(C(=O)OCc1ccccc1)C(P=S)(SC)SC. The van der Waals surface area contributed by atoms with Crippen molar-refractivity contribution in [3.05, 3.63) is 35.9 Å². The average Bonchev–Trinajstić information content (AvgIpc) is 2.61. The van der Waals surface area contributed by atoms with Gasteiger partial charge in [0.25, 0.3) is 0 Å². The molecule has 0 atom stereocenters. The first kappa shape index (κ1) is 21.2. The van der Waals surface area contributed by atoms with Gasteiger partial charge in [0.05, 0.1) is 6.61 Å². The average molecular weight is 406 g/mol. The maximum Gasteiger partial charge on any atom is 0.413 e. The van der Waals surface area contributed by atoms with Gasteiger partial charge in [-0.3, -0.25) is 9.69 Å². The summed E-state index contributed by atoms with van der Waals surface area (Å²) in [5, 5.41) is 0. The quantitative estimate of drug-likeness (QED) is 0.350. The van der Waals surface area contributed by atoms with Crippen molar-refractivity contribution in [3.8, 4) is 0 Å². The number of benzene rings is 1. The van der Waals surface area contributed by atoms with Gasteiger partial charge < -0.3 is 9.47 Å². The molecule has 24 heavy (non-hydrogen) atoms. The molecule has 1 rings (SSSR count). The van der Waals surface area contributed by atoms with Crippen LogP contribution in [0.5, 0.6) is 0 Å². The summed E-state index contributed by atoms with van der Waals surface area (Å²) in [6.07, 6.45) is 3.10. The predicted molar refractivity (Wildman–Crippen MR) is 104 cm³/mol. The van der Waals surface area contributed by atoms with Gasteiger partial charge in [-0.05, 0) is 25.0 Å². The molecule has 0 aromatic heterocycles. The number of nitrogens with zero attached hydrogens (tertiary/aromatic N) is 1. The largest absolute Gasteiger partial charge is 0.465 e. The summed E-state index contributed by atoms with van der Waals surface area (Å²) < 4.78 is 9.57. The van der Waals surface area contributed by atoms with Crippen molar-refractivity contribution in [3.63, 3.8) is 0 Å². The van der Waals surface area contributed by atoms with E-state index in [1.807, 2.05) is 42.8 Å². The van der Waals surface area contributed by atoms with E-state index in [0.717, 1.165) is 5.56 Å². The number of hydrogen-bond acceptors (Lipinski definition) is 7. The van der Waals surface area contributed by atoms with Gasteiger partial charge >= 0.3 is 12.1 Å². The van der Waals surface area contributed by atoms with E-state index in [1.54, 1.807) is 6.92 Å². The van der Waals surface area contributed by atoms with E-state index < -0.39 is 16.0 Å². The third-order valence-corrected chi connectivity index (χ3v) is 9.11. The number of esters is 1. The molecule has 0 saturated heterocycles. The summed E-state index contributed by atoms with van der Waals surface area (Å²) in [4.78, 5) is 25.8. The zero-order chi connectivity index (χ0) is 18.0. The summed E-state index contributed by atoms with van der Waals surface area (Å²) >= 11 is 8.00. The van der Waals surface area contributed by atoms with Gasteiger partial charge in [0, 0.05) is 7.36 Å². The highest BCUT2D eigenvalue weighted by atomic mass is 32.4. The van der Waals surface area contributed by atoms with Crippen molar-refractivity contribution in [1.29, 1.82) is 0 Å². The lowest BCUT2D eigenvalue weighted by Crippen LogP contribution is -2.47. The molecule has 0 spiro atoms. The highest BCUT2D eigenvalue weighted by molar-refractivity contribution is 8.27. The maximum absolute atomic E-state index is 12.6. The minimum Gasteiger partial charge on any atom is -0.465 e. The molecule has 132 valence electrons. The monoisotopic (exact) mass is 405 g/mol. The van der Waals surface area contributed by atoms with Gasteiger partial charge in [0.15, 0.2) is 3.94 Å². The predicted octanol–water partition coefficient (Wildman–Crippen LogP) is 3.93. The Bertz CT molecular complexity index is 555. The molecule has 0 saturated carbocycles. The fraction of sp³-hybridized carbons (Fsp3) is 0.467. The molecular weight excluding hydrogens is 385 g/mol. The van der Waals surface area contributed by atoms with Crippen LogP contribution in [0.25, 0.3) is 0 Å². The van der Waals surface area contributed by atoms with Crippen LogP contribution in [0.15, 0.2) is 30.3 Å². The van der Waals surface area contributed by atoms with Crippen molar-refractivity contribution < 1.29 is 19.1 Å². The summed E-state index contributed by atoms with van der Waals surface area (Å²) in [5.41, 5.74) is 0.872. The van der Waals surface area contributed by atoms with Crippen molar-refractivity contribution in [1.82, 2.24) is 4.90 Å². The lowest BCUT2D eigenvalue weighted by Gasteiger charge is -2.36. The fourth-order valence-electron chi connectivity index (χ4n) is 1.84. The topological polar surface area (TPSA) is 55.8 Å². The van der Waals surface area contributed by atoms with Gasteiger partial charge in [-0.2, -0.15) is 0 Å². The molecule has 0 aliphatic carbocycles. The van der Waals surface area contributed by atoms with Crippen LogP contribution < -0.4 is 0 Å². The van der Waals surface area contributed by atoms with Gasteiger partial charge in [-0.15, -0.1) is 23.5 Å². The highest BCUT2D eigenvalue weighted by Gasteiger charge is 2.40. The van der Waals surface area contributed by atoms with Gasteiger partial charge in [-0.1, -0.05) is 42.1 Å². The molecule has 0 aliphatic heterocycles. The Morgan fingerprint density at radius 2 is 1.83 bits per heavy atom. The van der Waals surface area contributed by atoms with Gasteiger partial charge in [0.2, 0.25) is 0 Å². The number of hydrogen-bond donors (Lipinski definition) is 0. The molecule has 1 aromatic carbocycles. The summed E-state index contributed by atoms with van der Waals surface area (Å²) in [5.74, 6) is -0.486. The molecule has 0 aliphatic rings. The van der Waals surface area contributed by atoms with E-state index in [4.69, 9.17) is 21.3 Å². The zero-order valence-electron chi connectivity index (χ0n) is 13.8. The summed E-state index contributed by atoms with van der Waals surface area (Å²) in [6, 6.07) is 9.36. The van der Waals surface area contributed by atoms with Crippen LogP contribution in [0.4, 0.5) is 4.79 Å². The van der Waals surface area contributed by atoms with Crippen LogP contribution in [-0.4, -0.2) is 46.6 Å². The summed E-state index contributed by atoms with van der Waals surface area (Å²) in [6.45, 7) is 1.90. The number of ether oxygens (including phenoxy) is 2. The number of thioether (sulfide) groups is 2. The van der Waals surface area contributed by atoms with Crippen molar-refractivity contribution >= 4 is 54.7 Å². The third-order valence-electron chi connectivity index (χ3n) is 3.01. The van der Waals surface area contributed by atoms with Crippen LogP contribution in [0.3, 0.4) is 0 Å². The number of carbonyl (C=O) groups excluding carboxylic acids is 2. The molecule has 0 radical (unpaired) electrons. The Labute approximate surface area is 157 Å². The van der Waals surface area contributed by atoms with E-state index in [-0.39, 0.29) is 19.8 Å². The van der Waals surface area contributed by atoms with E-state index in [9.17, 15) is 9.59 Å². The van der Waals surface area contributed by atoms with Gasteiger partial charge in [0.1, 0.15) is 13.2 Å². The van der Waals surface area contributed by atoms with E-state index in [1.165, 1.54) is 28.4 Å². The molecule has 5 nitrogen and oxygen atoms in total. The van der Waals surface area contributed by atoms with Crippen LogP contribution in [-0.2, 0) is 32.7 Å². The Balaban J connectivity index is 2.91. The molecule has 0 fully saturated rings. The van der Waals surface area contributed by atoms with Crippen molar-refractivity contribution in [2.24, 2.45) is 0 Å². The standard InChI is InChI=1S/C15H20NO4PS3/c1-4-19-13(17)10-16(15(21-22,23-2)24-3)14(18)20-11-12-8-6-5-7-9-12/h5-9H,4,10-11H2,1-3H3. The molecule has 1 aromatic rings. The summed E-state index contributed by atoms with van der Waals surface area (Å²) in [7, 11) is 0.527. The normalized spacial score (nSPS) is 11.1. The molecule has 1 amide bonds. The first-order valence-corrected chi connectivity index (χ1v) is 11.5. The van der Waals surface area contributed by atoms with Crippen molar-refractivity contribution in [2.75, 3.05) is 25.7 Å². The Morgan fingerprint density at radius 3 is 2.33 bits per heavy atom. The van der Waals surface area contributed by atoms with Crippen LogP contribution in [0.1, 0.15) is 12.5 Å². The van der Waals surface area contributed by atoms with E-state index >= 15 is 0 Å². The first-order valence-electron chi connectivity index (χ1n) is 7.11. The Hall–Kier alpha value is -0.820. The Kier molecular flexibility index (Phi) is 9.66. The number of amides is 1. The third kappa shape index (κ3) is 5.92. The number of carbonyl (C=O) groups is 2. The van der Waals surface area contributed by atoms with Crippen LogP contribution >= 0.6 is 30.9 Å². The molecule has 0 heterocycles. The fourth-order valence-corrected chi connectivity index (χ4v) is 5.71. The van der Waals surface area contributed by atoms with Gasteiger partial charge in [-0.25, -0.2) is 4.79 Å². The molecule has 0 bridgehead atoms. The molecule has 9 heteroatoms. The maximum atomic E-state index is 12.6.